The predicted molar refractivity (Wildman–Crippen MR) is 98.4 cm³/mol. The van der Waals surface area contributed by atoms with Gasteiger partial charge in [0.15, 0.2) is 5.96 Å². The molecule has 0 amide bonds. The molecule has 24 heavy (non-hydrogen) atoms. The van der Waals surface area contributed by atoms with Crippen LogP contribution in [0.3, 0.4) is 0 Å². The van der Waals surface area contributed by atoms with Gasteiger partial charge in [-0.25, -0.2) is 4.39 Å². The quantitative estimate of drug-likeness (QED) is 0.284. The van der Waals surface area contributed by atoms with E-state index in [1.807, 2.05) is 0 Å². The standard InChI is InChI=1S/C15H22F4N4.HI/c1-20-14(22-9-10-23(2)11-15(17,18)19)21-8-7-12-3-5-13(16)6-4-12;/h3-6H,7-11H2,1-2H3,(H2,20,21,22);1H. The molecule has 0 atom stereocenters. The first-order valence-electron chi connectivity index (χ1n) is 7.24. The number of benzene rings is 1. The van der Waals surface area contributed by atoms with Gasteiger partial charge in [0.25, 0.3) is 0 Å². The molecular formula is C15H23F4IN4. The highest BCUT2D eigenvalue weighted by Gasteiger charge is 2.28. The maximum absolute atomic E-state index is 12.8. The van der Waals surface area contributed by atoms with Crippen molar-refractivity contribution in [3.63, 3.8) is 0 Å². The average molecular weight is 462 g/mol. The normalized spacial score (nSPS) is 12.0. The van der Waals surface area contributed by atoms with Crippen molar-refractivity contribution in [1.82, 2.24) is 15.5 Å². The van der Waals surface area contributed by atoms with Crippen molar-refractivity contribution in [2.24, 2.45) is 4.99 Å². The fraction of sp³-hybridized carbons (Fsp3) is 0.533. The van der Waals surface area contributed by atoms with Crippen molar-refractivity contribution < 1.29 is 17.6 Å². The minimum atomic E-state index is -4.19. The van der Waals surface area contributed by atoms with E-state index in [1.165, 1.54) is 24.1 Å². The SMILES string of the molecule is CN=C(NCCc1ccc(F)cc1)NCCN(C)CC(F)(F)F.I. The lowest BCUT2D eigenvalue weighted by molar-refractivity contribution is -0.142. The molecule has 138 valence electrons. The Labute approximate surface area is 156 Å². The first kappa shape index (κ1) is 22.9. The summed E-state index contributed by atoms with van der Waals surface area (Å²) in [6.07, 6.45) is -3.50. The van der Waals surface area contributed by atoms with E-state index in [2.05, 4.69) is 15.6 Å². The van der Waals surface area contributed by atoms with Gasteiger partial charge in [-0.2, -0.15) is 13.2 Å². The average Bonchev–Trinajstić information content (AvgIpc) is 2.45. The Morgan fingerprint density at radius 2 is 1.71 bits per heavy atom. The van der Waals surface area contributed by atoms with E-state index in [1.54, 1.807) is 19.2 Å². The van der Waals surface area contributed by atoms with Crippen LogP contribution >= 0.6 is 24.0 Å². The second-order valence-corrected chi connectivity index (χ2v) is 5.16. The number of hydrogen-bond donors (Lipinski definition) is 2. The Morgan fingerprint density at radius 3 is 2.25 bits per heavy atom. The second-order valence-electron chi connectivity index (χ2n) is 5.16. The molecule has 0 heterocycles. The number of alkyl halides is 3. The van der Waals surface area contributed by atoms with Gasteiger partial charge in [-0.15, -0.1) is 24.0 Å². The van der Waals surface area contributed by atoms with Gasteiger partial charge < -0.3 is 10.6 Å². The summed E-state index contributed by atoms with van der Waals surface area (Å²) in [5.41, 5.74) is 0.985. The molecule has 0 saturated heterocycles. The molecule has 2 N–H and O–H groups in total. The monoisotopic (exact) mass is 462 g/mol. The van der Waals surface area contributed by atoms with Gasteiger partial charge in [-0.1, -0.05) is 12.1 Å². The van der Waals surface area contributed by atoms with E-state index in [0.717, 1.165) is 5.56 Å². The van der Waals surface area contributed by atoms with Gasteiger partial charge in [0.2, 0.25) is 0 Å². The van der Waals surface area contributed by atoms with Crippen LogP contribution in [0.4, 0.5) is 17.6 Å². The van der Waals surface area contributed by atoms with Crippen LogP contribution in [0.2, 0.25) is 0 Å². The highest BCUT2D eigenvalue weighted by atomic mass is 127. The summed E-state index contributed by atoms with van der Waals surface area (Å²) >= 11 is 0. The summed E-state index contributed by atoms with van der Waals surface area (Å²) in [4.78, 5) is 5.19. The Kier molecular flexibility index (Phi) is 10.9. The Bertz CT molecular complexity index is 491. The van der Waals surface area contributed by atoms with Gasteiger partial charge in [0.05, 0.1) is 6.54 Å². The van der Waals surface area contributed by atoms with Crippen LogP contribution in [-0.2, 0) is 6.42 Å². The molecule has 1 rings (SSSR count). The van der Waals surface area contributed by atoms with Gasteiger partial charge in [-0.05, 0) is 31.2 Å². The zero-order valence-corrected chi connectivity index (χ0v) is 16.0. The molecular weight excluding hydrogens is 439 g/mol. The molecule has 0 fully saturated rings. The zero-order chi connectivity index (χ0) is 17.3. The van der Waals surface area contributed by atoms with Crippen LogP contribution in [0, 0.1) is 5.82 Å². The molecule has 0 aliphatic carbocycles. The van der Waals surface area contributed by atoms with E-state index in [0.29, 0.717) is 25.5 Å². The first-order chi connectivity index (χ1) is 10.8. The van der Waals surface area contributed by atoms with Crippen LogP contribution < -0.4 is 10.6 Å². The molecule has 0 radical (unpaired) electrons. The van der Waals surface area contributed by atoms with E-state index >= 15 is 0 Å². The smallest absolute Gasteiger partial charge is 0.356 e. The number of aliphatic imine (C=N–C) groups is 1. The van der Waals surface area contributed by atoms with E-state index in [4.69, 9.17) is 0 Å². The van der Waals surface area contributed by atoms with Gasteiger partial charge in [0.1, 0.15) is 5.82 Å². The van der Waals surface area contributed by atoms with Gasteiger partial charge >= 0.3 is 6.18 Å². The lowest BCUT2D eigenvalue weighted by Gasteiger charge is -2.19. The van der Waals surface area contributed by atoms with Crippen molar-refractivity contribution in [2.75, 3.05) is 40.3 Å². The van der Waals surface area contributed by atoms with Crippen LogP contribution in [0.5, 0.6) is 0 Å². The summed E-state index contributed by atoms with van der Waals surface area (Å²) < 4.78 is 49.3. The fourth-order valence-corrected chi connectivity index (χ4v) is 1.95. The van der Waals surface area contributed by atoms with Crippen LogP contribution in [0.1, 0.15) is 5.56 Å². The van der Waals surface area contributed by atoms with Gasteiger partial charge in [0, 0.05) is 26.7 Å². The lowest BCUT2D eigenvalue weighted by Crippen LogP contribution is -2.42. The summed E-state index contributed by atoms with van der Waals surface area (Å²) in [5, 5.41) is 6.01. The molecule has 0 bridgehead atoms. The largest absolute Gasteiger partial charge is 0.401 e. The minimum absolute atomic E-state index is 0. The summed E-state index contributed by atoms with van der Waals surface area (Å²) in [7, 11) is 3.01. The highest BCUT2D eigenvalue weighted by molar-refractivity contribution is 14.0. The molecule has 9 heteroatoms. The molecule has 0 unspecified atom stereocenters. The molecule has 1 aromatic rings. The molecule has 0 saturated carbocycles. The number of likely N-dealkylation sites (N-methyl/N-ethyl adjacent to an activating group) is 1. The maximum atomic E-state index is 12.8. The third-order valence-corrected chi connectivity index (χ3v) is 3.08. The van der Waals surface area contributed by atoms with Crippen LogP contribution in [0.25, 0.3) is 0 Å². The van der Waals surface area contributed by atoms with Crippen molar-refractivity contribution in [3.8, 4) is 0 Å². The van der Waals surface area contributed by atoms with Crippen molar-refractivity contribution in [2.45, 2.75) is 12.6 Å². The molecule has 0 aliphatic heterocycles. The highest BCUT2D eigenvalue weighted by Crippen LogP contribution is 2.14. The molecule has 4 nitrogen and oxygen atoms in total. The number of halogens is 5. The predicted octanol–water partition coefficient (Wildman–Crippen LogP) is 2.65. The number of guanidine groups is 1. The second kappa shape index (κ2) is 11.5. The third kappa shape index (κ3) is 10.6. The number of nitrogens with one attached hydrogen (secondary N) is 2. The number of nitrogens with zero attached hydrogens (tertiary/aromatic N) is 2. The fourth-order valence-electron chi connectivity index (χ4n) is 1.95. The van der Waals surface area contributed by atoms with Crippen molar-refractivity contribution >= 4 is 29.9 Å². The topological polar surface area (TPSA) is 39.7 Å². The van der Waals surface area contributed by atoms with Crippen LogP contribution in [-0.4, -0.2) is 57.3 Å². The molecule has 0 spiro atoms. The van der Waals surface area contributed by atoms with E-state index < -0.39 is 12.7 Å². The van der Waals surface area contributed by atoms with E-state index in [9.17, 15) is 17.6 Å². The Balaban J connectivity index is 0.00000529. The minimum Gasteiger partial charge on any atom is -0.356 e. The van der Waals surface area contributed by atoms with Crippen molar-refractivity contribution in [1.29, 1.82) is 0 Å². The third-order valence-electron chi connectivity index (χ3n) is 3.08. The maximum Gasteiger partial charge on any atom is 0.401 e. The summed E-state index contributed by atoms with van der Waals surface area (Å²) in [6.45, 7) is 0.246. The number of rotatable bonds is 7. The summed E-state index contributed by atoms with van der Waals surface area (Å²) in [6, 6.07) is 6.22. The van der Waals surface area contributed by atoms with Gasteiger partial charge in [-0.3, -0.25) is 9.89 Å². The first-order valence-corrected chi connectivity index (χ1v) is 7.24. The van der Waals surface area contributed by atoms with Crippen LogP contribution in [0.15, 0.2) is 29.3 Å². The molecule has 0 aromatic heterocycles. The van der Waals surface area contributed by atoms with E-state index in [-0.39, 0.29) is 36.3 Å². The zero-order valence-electron chi connectivity index (χ0n) is 13.7. The lowest BCUT2D eigenvalue weighted by atomic mass is 10.1. The molecule has 0 aliphatic rings. The number of hydrogen-bond acceptors (Lipinski definition) is 2. The Morgan fingerprint density at radius 1 is 1.12 bits per heavy atom. The summed E-state index contributed by atoms with van der Waals surface area (Å²) in [5.74, 6) is 0.245. The molecule has 1 aromatic carbocycles. The Hall–Kier alpha value is -1.10. The van der Waals surface area contributed by atoms with Crippen molar-refractivity contribution in [3.05, 3.63) is 35.6 Å².